The number of methoxy groups -OCH3 is 1. The highest BCUT2D eigenvalue weighted by atomic mass is 35.5. The number of hydrogen-bond acceptors (Lipinski definition) is 5. The Morgan fingerprint density at radius 1 is 1.00 bits per heavy atom. The summed E-state index contributed by atoms with van der Waals surface area (Å²) in [5.41, 5.74) is 3.90. The zero-order valence-electron chi connectivity index (χ0n) is 18.5. The molecule has 1 aliphatic rings. The van der Waals surface area contributed by atoms with Crippen molar-refractivity contribution >= 4 is 40.5 Å². The van der Waals surface area contributed by atoms with Gasteiger partial charge < -0.3 is 20.3 Å². The molecular formula is C25H27Cl2N5O. The van der Waals surface area contributed by atoms with Gasteiger partial charge in [0.25, 0.3) is 0 Å². The van der Waals surface area contributed by atoms with Crippen molar-refractivity contribution in [2.45, 2.75) is 25.9 Å². The third-order valence-electron chi connectivity index (χ3n) is 5.67. The van der Waals surface area contributed by atoms with Gasteiger partial charge in [-0.15, -0.1) is 0 Å². The molecule has 0 bridgehead atoms. The van der Waals surface area contributed by atoms with Gasteiger partial charge >= 0.3 is 0 Å². The highest BCUT2D eigenvalue weighted by Crippen LogP contribution is 2.33. The van der Waals surface area contributed by atoms with E-state index in [1.165, 1.54) is 12.8 Å². The molecule has 0 amide bonds. The molecule has 1 fully saturated rings. The summed E-state index contributed by atoms with van der Waals surface area (Å²) in [4.78, 5) is 6.42. The van der Waals surface area contributed by atoms with Crippen LogP contribution in [0.15, 0.2) is 54.7 Å². The van der Waals surface area contributed by atoms with Crippen LogP contribution in [0.25, 0.3) is 0 Å². The number of amidine groups is 1. The van der Waals surface area contributed by atoms with Crippen LogP contribution >= 0.6 is 23.2 Å². The second-order valence-electron chi connectivity index (χ2n) is 7.95. The van der Waals surface area contributed by atoms with E-state index in [0.717, 1.165) is 41.3 Å². The summed E-state index contributed by atoms with van der Waals surface area (Å²) in [5, 5.41) is 16.4. The summed E-state index contributed by atoms with van der Waals surface area (Å²) in [6.07, 6.45) is 3.94. The molecule has 3 N–H and O–H groups in total. The fourth-order valence-corrected chi connectivity index (χ4v) is 4.24. The monoisotopic (exact) mass is 483 g/mol. The summed E-state index contributed by atoms with van der Waals surface area (Å²) >= 11 is 12.3. The molecule has 1 aromatic heterocycles. The van der Waals surface area contributed by atoms with Crippen LogP contribution in [0, 0.1) is 5.41 Å². The normalized spacial score (nSPS) is 13.1. The molecule has 0 aliphatic carbocycles. The molecular weight excluding hydrogens is 457 g/mol. The maximum absolute atomic E-state index is 8.43. The average molecular weight is 484 g/mol. The maximum atomic E-state index is 8.43. The first-order valence-corrected chi connectivity index (χ1v) is 11.7. The molecule has 0 radical (unpaired) electrons. The van der Waals surface area contributed by atoms with Crippen molar-refractivity contribution in [2.75, 3.05) is 30.8 Å². The predicted molar refractivity (Wildman–Crippen MR) is 136 cm³/mol. The molecule has 33 heavy (non-hydrogen) atoms. The molecule has 3 aromatic rings. The van der Waals surface area contributed by atoms with E-state index in [9.17, 15) is 0 Å². The van der Waals surface area contributed by atoms with Crippen LogP contribution in [0.2, 0.25) is 10.0 Å². The van der Waals surface area contributed by atoms with Crippen molar-refractivity contribution in [3.63, 3.8) is 0 Å². The second-order valence-corrected chi connectivity index (χ2v) is 8.82. The molecule has 2 aromatic carbocycles. The van der Waals surface area contributed by atoms with Gasteiger partial charge in [-0.1, -0.05) is 47.5 Å². The van der Waals surface area contributed by atoms with Gasteiger partial charge in [0.2, 0.25) is 0 Å². The van der Waals surface area contributed by atoms with E-state index in [0.29, 0.717) is 34.7 Å². The molecule has 0 saturated carbocycles. The number of ether oxygens (including phenoxy) is 1. The topological polar surface area (TPSA) is 73.3 Å². The van der Waals surface area contributed by atoms with E-state index in [-0.39, 0.29) is 0 Å². The molecule has 172 valence electrons. The molecule has 2 heterocycles. The summed E-state index contributed by atoms with van der Waals surface area (Å²) < 4.78 is 5.59. The van der Waals surface area contributed by atoms with Gasteiger partial charge in [0.15, 0.2) is 0 Å². The van der Waals surface area contributed by atoms with E-state index < -0.39 is 0 Å². The minimum absolute atomic E-state index is 0.514. The number of pyridine rings is 1. The lowest BCUT2D eigenvalue weighted by Gasteiger charge is -2.19. The molecule has 8 heteroatoms. The van der Waals surface area contributed by atoms with Crippen LogP contribution in [0.3, 0.4) is 0 Å². The van der Waals surface area contributed by atoms with E-state index in [2.05, 4.69) is 32.7 Å². The lowest BCUT2D eigenvalue weighted by Crippen LogP contribution is -2.27. The van der Waals surface area contributed by atoms with Crippen molar-refractivity contribution in [1.29, 1.82) is 5.41 Å². The Morgan fingerprint density at radius 3 is 2.42 bits per heavy atom. The quantitative estimate of drug-likeness (QED) is 0.269. The maximum Gasteiger partial charge on any atom is 0.143 e. The molecule has 1 saturated heterocycles. The Morgan fingerprint density at radius 2 is 1.76 bits per heavy atom. The lowest BCUT2D eigenvalue weighted by atomic mass is 10.1. The van der Waals surface area contributed by atoms with Gasteiger partial charge in [-0.25, -0.2) is 4.98 Å². The van der Waals surface area contributed by atoms with Gasteiger partial charge in [-0.2, -0.15) is 0 Å². The van der Waals surface area contributed by atoms with Gasteiger partial charge in [0.1, 0.15) is 17.4 Å². The van der Waals surface area contributed by atoms with Crippen LogP contribution < -0.4 is 15.4 Å². The predicted octanol–water partition coefficient (Wildman–Crippen LogP) is 6.04. The van der Waals surface area contributed by atoms with Gasteiger partial charge in [0, 0.05) is 49.0 Å². The second kappa shape index (κ2) is 10.8. The lowest BCUT2D eigenvalue weighted by molar-refractivity contribution is 0.416. The molecule has 0 atom stereocenters. The molecule has 6 nitrogen and oxygen atoms in total. The zero-order chi connectivity index (χ0) is 23.2. The number of benzene rings is 2. The van der Waals surface area contributed by atoms with Crippen molar-refractivity contribution < 1.29 is 4.74 Å². The third kappa shape index (κ3) is 5.89. The number of nitrogens with zero attached hydrogens (tertiary/aromatic N) is 2. The first kappa shape index (κ1) is 23.2. The Kier molecular flexibility index (Phi) is 7.57. The Labute approximate surface area is 204 Å². The van der Waals surface area contributed by atoms with E-state index in [1.807, 2.05) is 24.3 Å². The minimum atomic E-state index is 0.514. The number of rotatable bonds is 8. The molecule has 1 aliphatic heterocycles. The average Bonchev–Trinajstić information content (AvgIpc) is 3.37. The van der Waals surface area contributed by atoms with Gasteiger partial charge in [0.05, 0.1) is 17.8 Å². The fraction of sp³-hybridized carbons (Fsp3) is 0.280. The van der Waals surface area contributed by atoms with Crippen LogP contribution in [0.5, 0.6) is 5.75 Å². The first-order valence-electron chi connectivity index (χ1n) is 10.9. The largest absolute Gasteiger partial charge is 0.495 e. The van der Waals surface area contributed by atoms with E-state index >= 15 is 0 Å². The minimum Gasteiger partial charge on any atom is -0.495 e. The molecule has 0 spiro atoms. The van der Waals surface area contributed by atoms with E-state index in [4.69, 9.17) is 33.3 Å². The number of anilines is 2. The van der Waals surface area contributed by atoms with Crippen LogP contribution in [-0.4, -0.2) is 35.9 Å². The number of hydrogen-bond donors (Lipinski definition) is 3. The third-order valence-corrected chi connectivity index (χ3v) is 6.12. The SMILES string of the molecule is COc1cc(Cl)cc(CNc2ccc(Cl)cn2)c1NCc1ccc(C(=N)N2CCCC2)cc1. The van der Waals surface area contributed by atoms with E-state index in [1.54, 1.807) is 25.4 Å². The van der Waals surface area contributed by atoms with Gasteiger partial charge in [-0.05, 0) is 42.2 Å². The zero-order valence-corrected chi connectivity index (χ0v) is 20.0. The smallest absolute Gasteiger partial charge is 0.143 e. The number of aromatic nitrogens is 1. The standard InChI is InChI=1S/C25H27Cl2N5O/c1-33-22-13-21(27)12-19(15-29-23-9-8-20(26)16-30-23)24(22)31-14-17-4-6-18(7-5-17)25(28)32-10-2-3-11-32/h4-9,12-13,16,28,31H,2-3,10-11,14-15H2,1H3,(H,29,30). The Hall–Kier alpha value is -2.96. The van der Waals surface area contributed by atoms with Crippen LogP contribution in [0.4, 0.5) is 11.5 Å². The van der Waals surface area contributed by atoms with Crippen LogP contribution in [-0.2, 0) is 13.1 Å². The highest BCUT2D eigenvalue weighted by Gasteiger charge is 2.16. The number of halogens is 2. The summed E-state index contributed by atoms with van der Waals surface area (Å²) in [5.74, 6) is 2.01. The summed E-state index contributed by atoms with van der Waals surface area (Å²) in [6.45, 7) is 3.07. The first-order chi connectivity index (χ1) is 16.0. The Bertz CT molecular complexity index is 1100. The summed E-state index contributed by atoms with van der Waals surface area (Å²) in [6, 6.07) is 15.5. The summed E-state index contributed by atoms with van der Waals surface area (Å²) in [7, 11) is 1.63. The fourth-order valence-electron chi connectivity index (χ4n) is 3.90. The van der Waals surface area contributed by atoms with Crippen LogP contribution in [0.1, 0.15) is 29.5 Å². The van der Waals surface area contributed by atoms with Crippen molar-refractivity contribution in [2.24, 2.45) is 0 Å². The Balaban J connectivity index is 1.46. The van der Waals surface area contributed by atoms with Crippen molar-refractivity contribution in [3.8, 4) is 5.75 Å². The molecule has 4 rings (SSSR count). The van der Waals surface area contributed by atoms with Crippen molar-refractivity contribution in [1.82, 2.24) is 9.88 Å². The number of likely N-dealkylation sites (tertiary alicyclic amines) is 1. The van der Waals surface area contributed by atoms with Crippen molar-refractivity contribution in [3.05, 3.63) is 81.5 Å². The molecule has 0 unspecified atom stereocenters. The number of nitrogens with one attached hydrogen (secondary N) is 3. The highest BCUT2D eigenvalue weighted by molar-refractivity contribution is 6.31. The van der Waals surface area contributed by atoms with Gasteiger partial charge in [-0.3, -0.25) is 5.41 Å².